The second kappa shape index (κ2) is 7.33. The molecule has 2 N–H and O–H groups in total. The fourth-order valence-electron chi connectivity index (χ4n) is 2.90. The van der Waals surface area contributed by atoms with Crippen molar-refractivity contribution in [3.63, 3.8) is 0 Å². The van der Waals surface area contributed by atoms with E-state index >= 15 is 0 Å². The minimum atomic E-state index is -4.35. The van der Waals surface area contributed by atoms with E-state index in [0.29, 0.717) is 19.1 Å². The molecule has 124 valence electrons. The average molecular weight is 316 g/mol. The highest BCUT2D eigenvalue weighted by atomic mass is 19.4. The van der Waals surface area contributed by atoms with Crippen molar-refractivity contribution in [3.05, 3.63) is 29.8 Å². The number of ether oxygens (including phenoxy) is 1. The van der Waals surface area contributed by atoms with Crippen LogP contribution in [-0.2, 0) is 6.18 Å². The number of alkyl halides is 3. The molecule has 0 saturated carbocycles. The Kier molecular flexibility index (Phi) is 5.69. The molecule has 0 aromatic heterocycles. The van der Waals surface area contributed by atoms with Gasteiger partial charge in [-0.1, -0.05) is 13.0 Å². The van der Waals surface area contributed by atoms with Crippen LogP contribution in [0.1, 0.15) is 18.9 Å². The van der Waals surface area contributed by atoms with Crippen molar-refractivity contribution in [1.29, 1.82) is 0 Å². The molecule has 1 aromatic rings. The van der Waals surface area contributed by atoms with Crippen LogP contribution in [0.15, 0.2) is 24.3 Å². The summed E-state index contributed by atoms with van der Waals surface area (Å²) in [6.45, 7) is 6.04. The predicted octanol–water partition coefficient (Wildman–Crippen LogP) is 3.00. The van der Waals surface area contributed by atoms with Gasteiger partial charge in [-0.25, -0.2) is 0 Å². The van der Waals surface area contributed by atoms with E-state index in [2.05, 4.69) is 11.8 Å². The molecule has 0 amide bonds. The molecular weight excluding hydrogens is 293 g/mol. The van der Waals surface area contributed by atoms with E-state index in [1.165, 1.54) is 6.07 Å². The van der Waals surface area contributed by atoms with Gasteiger partial charge in [-0.2, -0.15) is 13.2 Å². The molecule has 0 aliphatic carbocycles. The van der Waals surface area contributed by atoms with E-state index in [0.717, 1.165) is 38.2 Å². The molecule has 22 heavy (non-hydrogen) atoms. The first-order chi connectivity index (χ1) is 10.4. The molecule has 6 heteroatoms. The molecule has 1 aliphatic rings. The molecule has 2 unspecified atom stereocenters. The normalized spacial score (nSPS) is 21.0. The summed E-state index contributed by atoms with van der Waals surface area (Å²) in [5, 5.41) is 0. The van der Waals surface area contributed by atoms with Crippen molar-refractivity contribution in [2.45, 2.75) is 19.5 Å². The zero-order valence-electron chi connectivity index (χ0n) is 12.8. The number of likely N-dealkylation sites (tertiary alicyclic amines) is 1. The van der Waals surface area contributed by atoms with Crippen molar-refractivity contribution in [3.8, 4) is 5.75 Å². The van der Waals surface area contributed by atoms with E-state index in [1.807, 2.05) is 0 Å². The summed E-state index contributed by atoms with van der Waals surface area (Å²) in [5.41, 5.74) is 5.14. The van der Waals surface area contributed by atoms with Gasteiger partial charge in [0.05, 0.1) is 12.2 Å². The van der Waals surface area contributed by atoms with Crippen LogP contribution < -0.4 is 10.5 Å². The van der Waals surface area contributed by atoms with Crippen LogP contribution in [0, 0.1) is 11.8 Å². The van der Waals surface area contributed by atoms with E-state index < -0.39 is 11.7 Å². The van der Waals surface area contributed by atoms with Crippen molar-refractivity contribution < 1.29 is 17.9 Å². The first-order valence-corrected chi connectivity index (χ1v) is 7.66. The smallest absolute Gasteiger partial charge is 0.416 e. The second-order valence-electron chi connectivity index (χ2n) is 5.77. The molecular formula is C16H23F3N2O. The van der Waals surface area contributed by atoms with Crippen LogP contribution in [0.4, 0.5) is 13.2 Å². The first-order valence-electron chi connectivity index (χ1n) is 7.66. The Hall–Kier alpha value is -1.27. The quantitative estimate of drug-likeness (QED) is 0.877. The third-order valence-electron chi connectivity index (χ3n) is 4.35. The second-order valence-corrected chi connectivity index (χ2v) is 5.77. The van der Waals surface area contributed by atoms with Crippen LogP contribution in [0.2, 0.25) is 0 Å². The van der Waals surface area contributed by atoms with Gasteiger partial charge in [0.2, 0.25) is 0 Å². The first kappa shape index (κ1) is 17.1. The van der Waals surface area contributed by atoms with Gasteiger partial charge in [-0.3, -0.25) is 0 Å². The molecule has 2 atom stereocenters. The molecule has 1 aromatic carbocycles. The number of benzene rings is 1. The summed E-state index contributed by atoms with van der Waals surface area (Å²) in [4.78, 5) is 2.36. The minimum absolute atomic E-state index is 0.172. The lowest BCUT2D eigenvalue weighted by molar-refractivity contribution is -0.137. The molecule has 3 nitrogen and oxygen atoms in total. The molecule has 1 saturated heterocycles. The summed E-state index contributed by atoms with van der Waals surface area (Å²) in [6, 6.07) is 5.00. The Morgan fingerprint density at radius 2 is 2.18 bits per heavy atom. The van der Waals surface area contributed by atoms with Gasteiger partial charge in [0.1, 0.15) is 5.75 Å². The minimum Gasteiger partial charge on any atom is -0.493 e. The number of nitrogens with two attached hydrogens (primary N) is 1. The van der Waals surface area contributed by atoms with E-state index in [1.54, 1.807) is 6.07 Å². The molecule has 0 bridgehead atoms. The number of nitrogens with zero attached hydrogens (tertiary/aromatic N) is 1. The van der Waals surface area contributed by atoms with Crippen molar-refractivity contribution >= 4 is 0 Å². The number of halogens is 3. The Labute approximate surface area is 129 Å². The highest BCUT2D eigenvalue weighted by Crippen LogP contribution is 2.31. The van der Waals surface area contributed by atoms with Crippen molar-refractivity contribution in [2.75, 3.05) is 32.8 Å². The number of hydrogen-bond donors (Lipinski definition) is 1. The summed E-state index contributed by atoms with van der Waals surface area (Å²) in [6.07, 6.45) is -3.28. The standard InChI is InChI=1S/C16H23F3N2O/c1-2-21-7-6-12(10-21)13(9-20)11-22-15-5-3-4-14(8-15)16(17,18)19/h3-5,8,12-13H,2,6-7,9-11,20H2,1H3. The molecule has 1 fully saturated rings. The maximum absolute atomic E-state index is 12.7. The zero-order chi connectivity index (χ0) is 16.2. The van der Waals surface area contributed by atoms with Crippen molar-refractivity contribution in [1.82, 2.24) is 4.90 Å². The summed E-state index contributed by atoms with van der Waals surface area (Å²) < 4.78 is 43.6. The lowest BCUT2D eigenvalue weighted by Gasteiger charge is -2.23. The van der Waals surface area contributed by atoms with Gasteiger partial charge in [0.15, 0.2) is 0 Å². The van der Waals surface area contributed by atoms with E-state index in [9.17, 15) is 13.2 Å². The Balaban J connectivity index is 1.93. The number of hydrogen-bond acceptors (Lipinski definition) is 3. The lowest BCUT2D eigenvalue weighted by Crippen LogP contribution is -2.31. The van der Waals surface area contributed by atoms with E-state index in [-0.39, 0.29) is 11.7 Å². The lowest BCUT2D eigenvalue weighted by atomic mass is 9.92. The van der Waals surface area contributed by atoms with Crippen LogP contribution in [0.25, 0.3) is 0 Å². The summed E-state index contributed by atoms with van der Waals surface area (Å²) in [5.74, 6) is 0.875. The largest absolute Gasteiger partial charge is 0.493 e. The monoisotopic (exact) mass is 316 g/mol. The highest BCUT2D eigenvalue weighted by molar-refractivity contribution is 5.30. The summed E-state index contributed by atoms with van der Waals surface area (Å²) in [7, 11) is 0. The SMILES string of the molecule is CCN1CCC(C(CN)COc2cccc(C(F)(F)F)c2)C1. The third kappa shape index (κ3) is 4.36. The Morgan fingerprint density at radius 3 is 2.77 bits per heavy atom. The molecule has 0 spiro atoms. The Morgan fingerprint density at radius 1 is 1.41 bits per heavy atom. The predicted molar refractivity (Wildman–Crippen MR) is 79.7 cm³/mol. The molecule has 2 rings (SSSR count). The maximum atomic E-state index is 12.7. The van der Waals surface area contributed by atoms with Gasteiger partial charge in [0, 0.05) is 12.5 Å². The van der Waals surface area contributed by atoms with Gasteiger partial charge in [0.25, 0.3) is 0 Å². The highest BCUT2D eigenvalue weighted by Gasteiger charge is 2.31. The van der Waals surface area contributed by atoms with Gasteiger partial charge in [-0.05, 0) is 50.2 Å². The van der Waals surface area contributed by atoms with Gasteiger partial charge >= 0.3 is 6.18 Å². The van der Waals surface area contributed by atoms with E-state index in [4.69, 9.17) is 10.5 Å². The maximum Gasteiger partial charge on any atom is 0.416 e. The fourth-order valence-corrected chi connectivity index (χ4v) is 2.90. The van der Waals surface area contributed by atoms with Gasteiger partial charge < -0.3 is 15.4 Å². The Bertz CT molecular complexity index is 479. The van der Waals surface area contributed by atoms with Crippen molar-refractivity contribution in [2.24, 2.45) is 17.6 Å². The molecule has 0 radical (unpaired) electrons. The molecule has 1 aliphatic heterocycles. The number of rotatable bonds is 6. The zero-order valence-corrected chi connectivity index (χ0v) is 12.8. The third-order valence-corrected chi connectivity index (χ3v) is 4.35. The van der Waals surface area contributed by atoms with Gasteiger partial charge in [-0.15, -0.1) is 0 Å². The van der Waals surface area contributed by atoms with Crippen LogP contribution in [0.5, 0.6) is 5.75 Å². The molecule has 1 heterocycles. The van der Waals surface area contributed by atoms with Crippen LogP contribution in [0.3, 0.4) is 0 Å². The topological polar surface area (TPSA) is 38.5 Å². The summed E-state index contributed by atoms with van der Waals surface area (Å²) >= 11 is 0. The fraction of sp³-hybridized carbons (Fsp3) is 0.625. The van der Waals surface area contributed by atoms with Crippen LogP contribution >= 0.6 is 0 Å². The van der Waals surface area contributed by atoms with Crippen LogP contribution in [-0.4, -0.2) is 37.7 Å². The average Bonchev–Trinajstić information content (AvgIpc) is 2.96.